The molecule has 3 heteroatoms. The molecule has 0 heterocycles. The lowest BCUT2D eigenvalue weighted by Gasteiger charge is -2.08. The van der Waals surface area contributed by atoms with Gasteiger partial charge in [-0.25, -0.2) is 0 Å². The van der Waals surface area contributed by atoms with Crippen LogP contribution in [0.2, 0.25) is 0 Å². The summed E-state index contributed by atoms with van der Waals surface area (Å²) in [5.41, 5.74) is 4.51. The lowest BCUT2D eigenvalue weighted by molar-refractivity contribution is -0.116. The number of ether oxygens (including phenoxy) is 1. The fourth-order valence-corrected chi connectivity index (χ4v) is 2.23. The van der Waals surface area contributed by atoms with Crippen molar-refractivity contribution in [3.05, 3.63) is 71.8 Å². The highest BCUT2D eigenvalue weighted by Gasteiger charge is 2.04. The fourth-order valence-electron chi connectivity index (χ4n) is 2.23. The molecular formula is C20H23NO2. The average Bonchev–Trinajstić information content (AvgIpc) is 2.55. The van der Waals surface area contributed by atoms with Gasteiger partial charge in [0, 0.05) is 12.1 Å². The van der Waals surface area contributed by atoms with Crippen LogP contribution in [0, 0.1) is 13.8 Å². The lowest BCUT2D eigenvalue weighted by atomic mass is 10.0. The van der Waals surface area contributed by atoms with Gasteiger partial charge in [0.1, 0.15) is 12.4 Å². The first-order valence-corrected chi connectivity index (χ1v) is 7.78. The molecule has 1 N–H and O–H groups in total. The van der Waals surface area contributed by atoms with Crippen LogP contribution in [0.1, 0.15) is 23.1 Å². The molecule has 0 atom stereocenters. The van der Waals surface area contributed by atoms with Crippen LogP contribution in [-0.2, 0) is 11.2 Å². The molecule has 0 bridgehead atoms. The summed E-state index contributed by atoms with van der Waals surface area (Å²) < 4.78 is 5.41. The van der Waals surface area contributed by atoms with Crippen LogP contribution in [0.4, 0.5) is 5.69 Å². The van der Waals surface area contributed by atoms with Crippen LogP contribution in [0.25, 0.3) is 0 Å². The number of hydrogen-bond acceptors (Lipinski definition) is 2. The summed E-state index contributed by atoms with van der Waals surface area (Å²) in [5, 5.41) is 2.91. The molecule has 0 aliphatic rings. The molecule has 2 aromatic carbocycles. The van der Waals surface area contributed by atoms with Gasteiger partial charge in [0.25, 0.3) is 0 Å². The quantitative estimate of drug-likeness (QED) is 0.768. The van der Waals surface area contributed by atoms with E-state index in [1.807, 2.05) is 24.3 Å². The van der Waals surface area contributed by atoms with E-state index in [-0.39, 0.29) is 5.91 Å². The lowest BCUT2D eigenvalue weighted by Crippen LogP contribution is -2.12. The maximum atomic E-state index is 12.0. The Morgan fingerprint density at radius 1 is 1.13 bits per heavy atom. The maximum Gasteiger partial charge on any atom is 0.224 e. The Kier molecular flexibility index (Phi) is 5.98. The number of benzene rings is 2. The third-order valence-corrected chi connectivity index (χ3v) is 3.72. The monoisotopic (exact) mass is 309 g/mol. The molecule has 0 aliphatic heterocycles. The molecule has 0 saturated carbocycles. The van der Waals surface area contributed by atoms with Crippen LogP contribution in [0.3, 0.4) is 0 Å². The Labute approximate surface area is 138 Å². The molecule has 0 saturated heterocycles. The van der Waals surface area contributed by atoms with Crippen molar-refractivity contribution >= 4 is 11.6 Å². The van der Waals surface area contributed by atoms with Crippen LogP contribution in [-0.4, -0.2) is 12.5 Å². The Balaban J connectivity index is 1.84. The topological polar surface area (TPSA) is 38.3 Å². The first-order valence-electron chi connectivity index (χ1n) is 7.78. The van der Waals surface area contributed by atoms with Crippen LogP contribution >= 0.6 is 0 Å². The number of aryl methyl sites for hydroxylation is 3. The zero-order valence-corrected chi connectivity index (χ0v) is 13.8. The highest BCUT2D eigenvalue weighted by molar-refractivity contribution is 5.90. The molecule has 0 unspecified atom stereocenters. The van der Waals surface area contributed by atoms with Gasteiger partial charge in [0.2, 0.25) is 5.91 Å². The third kappa shape index (κ3) is 5.29. The second kappa shape index (κ2) is 8.18. The number of nitrogens with one attached hydrogen (secondary N) is 1. The summed E-state index contributed by atoms with van der Waals surface area (Å²) in [5.74, 6) is 0.779. The molecule has 2 rings (SSSR count). The Bertz CT molecular complexity index is 675. The summed E-state index contributed by atoms with van der Waals surface area (Å²) in [6.45, 7) is 8.26. The molecular weight excluding hydrogens is 286 g/mol. The molecule has 3 nitrogen and oxygen atoms in total. The zero-order valence-electron chi connectivity index (χ0n) is 13.8. The first-order chi connectivity index (χ1) is 11.1. The molecule has 0 fully saturated rings. The Morgan fingerprint density at radius 2 is 1.87 bits per heavy atom. The van der Waals surface area contributed by atoms with Crippen molar-refractivity contribution in [2.45, 2.75) is 26.7 Å². The SMILES string of the molecule is C=CCOc1ccc(NC(=O)CCc2ccc(C)c(C)c2)cc1. The minimum absolute atomic E-state index is 0.0167. The molecule has 0 spiro atoms. The smallest absolute Gasteiger partial charge is 0.224 e. The van der Waals surface area contributed by atoms with E-state index in [0.717, 1.165) is 17.9 Å². The van der Waals surface area contributed by atoms with Crippen LogP contribution in [0.15, 0.2) is 55.1 Å². The molecule has 120 valence electrons. The van der Waals surface area contributed by atoms with Crippen molar-refractivity contribution < 1.29 is 9.53 Å². The summed E-state index contributed by atoms with van der Waals surface area (Å²) in [6.07, 6.45) is 2.91. The van der Waals surface area contributed by atoms with E-state index < -0.39 is 0 Å². The van der Waals surface area contributed by atoms with E-state index in [1.165, 1.54) is 16.7 Å². The van der Waals surface area contributed by atoms with E-state index in [2.05, 4.69) is 43.9 Å². The number of carbonyl (C=O) groups excluding carboxylic acids is 1. The van der Waals surface area contributed by atoms with Gasteiger partial charge in [-0.15, -0.1) is 0 Å². The van der Waals surface area contributed by atoms with Gasteiger partial charge in [0.05, 0.1) is 0 Å². The van der Waals surface area contributed by atoms with E-state index in [1.54, 1.807) is 6.08 Å². The second-order valence-corrected chi connectivity index (χ2v) is 5.59. The number of amides is 1. The van der Waals surface area contributed by atoms with Crippen LogP contribution < -0.4 is 10.1 Å². The summed E-state index contributed by atoms with van der Waals surface area (Å²) in [7, 11) is 0. The standard InChI is InChI=1S/C20H23NO2/c1-4-13-23-19-10-8-18(9-11-19)21-20(22)12-7-17-6-5-15(2)16(3)14-17/h4-6,8-11,14H,1,7,12-13H2,2-3H3,(H,21,22). The van der Waals surface area contributed by atoms with Crippen molar-refractivity contribution in [3.63, 3.8) is 0 Å². The second-order valence-electron chi connectivity index (χ2n) is 5.59. The average molecular weight is 309 g/mol. The molecule has 2 aromatic rings. The summed E-state index contributed by atoms with van der Waals surface area (Å²) in [6, 6.07) is 13.7. The van der Waals surface area contributed by atoms with Gasteiger partial charge in [-0.05, 0) is 61.2 Å². The highest BCUT2D eigenvalue weighted by Crippen LogP contribution is 2.16. The highest BCUT2D eigenvalue weighted by atomic mass is 16.5. The fraction of sp³-hybridized carbons (Fsp3) is 0.250. The van der Waals surface area contributed by atoms with Crippen molar-refractivity contribution in [1.29, 1.82) is 0 Å². The molecule has 0 aromatic heterocycles. The minimum Gasteiger partial charge on any atom is -0.490 e. The summed E-state index contributed by atoms with van der Waals surface area (Å²) >= 11 is 0. The molecule has 0 aliphatic carbocycles. The van der Waals surface area contributed by atoms with E-state index >= 15 is 0 Å². The predicted octanol–water partition coefficient (Wildman–Crippen LogP) is 4.44. The summed E-state index contributed by atoms with van der Waals surface area (Å²) in [4.78, 5) is 12.0. The van der Waals surface area contributed by atoms with E-state index in [9.17, 15) is 4.79 Å². The normalized spacial score (nSPS) is 10.2. The predicted molar refractivity (Wildman–Crippen MR) is 95.0 cm³/mol. The zero-order chi connectivity index (χ0) is 16.7. The minimum atomic E-state index is 0.0167. The van der Waals surface area contributed by atoms with Crippen molar-refractivity contribution in [2.75, 3.05) is 11.9 Å². The number of anilines is 1. The van der Waals surface area contributed by atoms with Crippen LogP contribution in [0.5, 0.6) is 5.75 Å². The largest absolute Gasteiger partial charge is 0.490 e. The number of hydrogen-bond donors (Lipinski definition) is 1. The molecule has 1 amide bonds. The first kappa shape index (κ1) is 16.8. The maximum absolute atomic E-state index is 12.0. The van der Waals surface area contributed by atoms with Gasteiger partial charge in [-0.1, -0.05) is 30.9 Å². The van der Waals surface area contributed by atoms with E-state index in [4.69, 9.17) is 4.74 Å². The number of rotatable bonds is 7. The molecule has 0 radical (unpaired) electrons. The van der Waals surface area contributed by atoms with Crippen molar-refractivity contribution in [1.82, 2.24) is 0 Å². The van der Waals surface area contributed by atoms with Gasteiger partial charge in [-0.3, -0.25) is 4.79 Å². The van der Waals surface area contributed by atoms with Crippen molar-refractivity contribution in [3.8, 4) is 5.75 Å². The van der Waals surface area contributed by atoms with Gasteiger partial charge >= 0.3 is 0 Å². The Morgan fingerprint density at radius 3 is 2.52 bits per heavy atom. The van der Waals surface area contributed by atoms with Gasteiger partial charge < -0.3 is 10.1 Å². The Hall–Kier alpha value is -2.55. The molecule has 23 heavy (non-hydrogen) atoms. The van der Waals surface area contributed by atoms with E-state index in [0.29, 0.717) is 13.0 Å². The van der Waals surface area contributed by atoms with Gasteiger partial charge in [0.15, 0.2) is 0 Å². The third-order valence-electron chi connectivity index (χ3n) is 3.72. The van der Waals surface area contributed by atoms with Crippen molar-refractivity contribution in [2.24, 2.45) is 0 Å². The number of carbonyl (C=O) groups is 1. The van der Waals surface area contributed by atoms with Gasteiger partial charge in [-0.2, -0.15) is 0 Å².